The molecule has 1 saturated carbocycles. The van der Waals surface area contributed by atoms with Gasteiger partial charge in [-0.15, -0.1) is 0 Å². The topological polar surface area (TPSA) is 121 Å². The minimum atomic E-state index is -0.119. The highest BCUT2D eigenvalue weighted by Crippen LogP contribution is 2.33. The number of rotatable bonds is 10. The quantitative estimate of drug-likeness (QED) is 0.307. The standard InChI is InChI=1S/C27H30ClN7O3/c28-21-17-30-27(34-24(21)32-22-3-1-2-4-23(22)33-26(37)19-5-6-19)31-20-9-7-18(8-10-20)25(36)29-11-12-35-13-15-38-16-14-35/h1-4,7-10,17,19H,5-6,11-16H2,(H,29,36)(H,33,37)(H2,30,31,32,34). The lowest BCUT2D eigenvalue weighted by molar-refractivity contribution is -0.117. The van der Waals surface area contributed by atoms with Crippen molar-refractivity contribution in [1.29, 1.82) is 0 Å². The van der Waals surface area contributed by atoms with Gasteiger partial charge in [-0.1, -0.05) is 23.7 Å². The summed E-state index contributed by atoms with van der Waals surface area (Å²) in [6, 6.07) is 14.5. The van der Waals surface area contributed by atoms with Crippen molar-refractivity contribution < 1.29 is 14.3 Å². The van der Waals surface area contributed by atoms with Crippen LogP contribution in [0.1, 0.15) is 23.2 Å². The molecule has 0 radical (unpaired) electrons. The van der Waals surface area contributed by atoms with Crippen molar-refractivity contribution in [3.8, 4) is 0 Å². The maximum Gasteiger partial charge on any atom is 0.251 e. The first-order chi connectivity index (χ1) is 18.5. The molecule has 1 saturated heterocycles. The number of carbonyl (C=O) groups excluding carboxylic acids is 2. The van der Waals surface area contributed by atoms with E-state index in [0.29, 0.717) is 40.3 Å². The molecule has 0 spiro atoms. The summed E-state index contributed by atoms with van der Waals surface area (Å²) >= 11 is 6.36. The molecular formula is C27H30ClN7O3. The van der Waals surface area contributed by atoms with Gasteiger partial charge in [0.15, 0.2) is 5.82 Å². The van der Waals surface area contributed by atoms with E-state index in [2.05, 4.69) is 36.1 Å². The highest BCUT2D eigenvalue weighted by molar-refractivity contribution is 6.33. The van der Waals surface area contributed by atoms with Gasteiger partial charge in [0, 0.05) is 43.3 Å². The number of hydrogen-bond acceptors (Lipinski definition) is 8. The van der Waals surface area contributed by atoms with Crippen LogP contribution in [0.2, 0.25) is 5.02 Å². The number of ether oxygens (including phenoxy) is 1. The second-order valence-corrected chi connectivity index (χ2v) is 9.64. The van der Waals surface area contributed by atoms with Crippen LogP contribution in [0.4, 0.5) is 28.8 Å². The molecule has 2 fully saturated rings. The number of carbonyl (C=O) groups is 2. The van der Waals surface area contributed by atoms with Crippen molar-refractivity contribution >= 4 is 52.2 Å². The SMILES string of the molecule is O=C(NCCN1CCOCC1)c1ccc(Nc2ncc(Cl)c(Nc3ccccc3NC(=O)C3CC3)n2)cc1. The van der Waals surface area contributed by atoms with Gasteiger partial charge >= 0.3 is 0 Å². The van der Waals surface area contributed by atoms with Crippen molar-refractivity contribution in [2.24, 2.45) is 5.92 Å². The summed E-state index contributed by atoms with van der Waals surface area (Å²) in [6.07, 6.45) is 3.35. The minimum absolute atomic E-state index is 0.0182. The molecule has 2 aliphatic rings. The number of nitrogens with zero attached hydrogens (tertiary/aromatic N) is 3. The van der Waals surface area contributed by atoms with Crippen LogP contribution in [0.25, 0.3) is 0 Å². The number of para-hydroxylation sites is 2. The molecule has 0 bridgehead atoms. The predicted octanol–water partition coefficient (Wildman–Crippen LogP) is 4.03. The third kappa shape index (κ3) is 6.97. The largest absolute Gasteiger partial charge is 0.379 e. The molecule has 38 heavy (non-hydrogen) atoms. The first-order valence-electron chi connectivity index (χ1n) is 12.7. The molecule has 11 heteroatoms. The molecule has 2 amide bonds. The van der Waals surface area contributed by atoms with Gasteiger partial charge in [0.1, 0.15) is 5.02 Å². The second-order valence-electron chi connectivity index (χ2n) is 9.24. The van der Waals surface area contributed by atoms with E-state index >= 15 is 0 Å². The van der Waals surface area contributed by atoms with Gasteiger partial charge in [0.05, 0.1) is 30.8 Å². The highest BCUT2D eigenvalue weighted by atomic mass is 35.5. The second kappa shape index (κ2) is 12.2. The predicted molar refractivity (Wildman–Crippen MR) is 147 cm³/mol. The average molecular weight is 536 g/mol. The maximum absolute atomic E-state index is 12.5. The van der Waals surface area contributed by atoms with Crippen LogP contribution in [0, 0.1) is 5.92 Å². The van der Waals surface area contributed by atoms with Crippen LogP contribution in [-0.2, 0) is 9.53 Å². The summed E-state index contributed by atoms with van der Waals surface area (Å²) in [5, 5.41) is 12.6. The molecule has 2 aromatic carbocycles. The molecule has 3 aromatic rings. The normalized spacial score (nSPS) is 15.5. The van der Waals surface area contributed by atoms with Crippen molar-refractivity contribution in [3.05, 3.63) is 65.3 Å². The number of benzene rings is 2. The average Bonchev–Trinajstić information content (AvgIpc) is 3.79. The van der Waals surface area contributed by atoms with E-state index in [1.165, 1.54) is 6.20 Å². The van der Waals surface area contributed by atoms with Gasteiger partial charge in [-0.3, -0.25) is 14.5 Å². The van der Waals surface area contributed by atoms with E-state index in [0.717, 1.165) is 51.4 Å². The Kier molecular flexibility index (Phi) is 8.32. The van der Waals surface area contributed by atoms with Crippen LogP contribution >= 0.6 is 11.6 Å². The fourth-order valence-electron chi connectivity index (χ4n) is 4.01. The van der Waals surface area contributed by atoms with E-state index in [1.807, 2.05) is 24.3 Å². The number of hydrogen-bond donors (Lipinski definition) is 4. The Morgan fingerprint density at radius 2 is 1.74 bits per heavy atom. The van der Waals surface area contributed by atoms with Gasteiger partial charge in [-0.2, -0.15) is 4.98 Å². The zero-order valence-corrected chi connectivity index (χ0v) is 21.6. The molecule has 0 unspecified atom stereocenters. The Bertz CT molecular complexity index is 1280. The van der Waals surface area contributed by atoms with Gasteiger partial charge in [-0.05, 0) is 49.2 Å². The van der Waals surface area contributed by atoms with Gasteiger partial charge in [0.2, 0.25) is 11.9 Å². The highest BCUT2D eigenvalue weighted by Gasteiger charge is 2.30. The summed E-state index contributed by atoms with van der Waals surface area (Å²) in [5.74, 6) is 0.720. The minimum Gasteiger partial charge on any atom is -0.379 e. The molecule has 2 heterocycles. The van der Waals surface area contributed by atoms with Gasteiger partial charge in [-0.25, -0.2) is 4.98 Å². The third-order valence-corrected chi connectivity index (χ3v) is 6.63. The first-order valence-corrected chi connectivity index (χ1v) is 13.1. The van der Waals surface area contributed by atoms with Crippen molar-refractivity contribution in [2.45, 2.75) is 12.8 Å². The Morgan fingerprint density at radius 1 is 1.00 bits per heavy atom. The van der Waals surface area contributed by atoms with Crippen LogP contribution < -0.4 is 21.3 Å². The summed E-state index contributed by atoms with van der Waals surface area (Å²) in [5.41, 5.74) is 2.63. The smallest absolute Gasteiger partial charge is 0.251 e. The zero-order valence-electron chi connectivity index (χ0n) is 20.9. The Labute approximate surface area is 226 Å². The third-order valence-electron chi connectivity index (χ3n) is 6.35. The van der Waals surface area contributed by atoms with Crippen LogP contribution in [0.3, 0.4) is 0 Å². The number of halogens is 1. The maximum atomic E-state index is 12.5. The van der Waals surface area contributed by atoms with E-state index in [1.54, 1.807) is 24.3 Å². The Hall–Kier alpha value is -3.73. The summed E-state index contributed by atoms with van der Waals surface area (Å²) in [6.45, 7) is 4.65. The fraction of sp³-hybridized carbons (Fsp3) is 0.333. The molecule has 198 valence electrons. The first kappa shape index (κ1) is 25.9. The number of amides is 2. The number of morpholine rings is 1. The van der Waals surface area contributed by atoms with Crippen molar-refractivity contribution in [3.63, 3.8) is 0 Å². The lowest BCUT2D eigenvalue weighted by Crippen LogP contribution is -2.41. The van der Waals surface area contributed by atoms with E-state index in [4.69, 9.17) is 16.3 Å². The molecule has 1 aromatic heterocycles. The van der Waals surface area contributed by atoms with Crippen molar-refractivity contribution in [2.75, 3.05) is 55.3 Å². The molecule has 5 rings (SSSR count). The molecule has 1 aliphatic carbocycles. The van der Waals surface area contributed by atoms with Crippen LogP contribution in [0.5, 0.6) is 0 Å². The molecule has 10 nitrogen and oxygen atoms in total. The molecule has 4 N–H and O–H groups in total. The fourth-order valence-corrected chi connectivity index (χ4v) is 4.15. The number of nitrogens with one attached hydrogen (secondary N) is 4. The molecule has 0 atom stereocenters. The number of anilines is 5. The Balaban J connectivity index is 1.18. The van der Waals surface area contributed by atoms with Crippen LogP contribution in [-0.4, -0.2) is 66.1 Å². The zero-order chi connectivity index (χ0) is 26.3. The Morgan fingerprint density at radius 3 is 2.47 bits per heavy atom. The van der Waals surface area contributed by atoms with E-state index in [-0.39, 0.29) is 17.7 Å². The van der Waals surface area contributed by atoms with Gasteiger partial charge in [0.25, 0.3) is 5.91 Å². The summed E-state index contributed by atoms with van der Waals surface area (Å²) < 4.78 is 5.35. The monoisotopic (exact) mass is 535 g/mol. The lowest BCUT2D eigenvalue weighted by atomic mass is 10.2. The summed E-state index contributed by atoms with van der Waals surface area (Å²) in [4.78, 5) is 35.8. The van der Waals surface area contributed by atoms with E-state index < -0.39 is 0 Å². The van der Waals surface area contributed by atoms with Crippen molar-refractivity contribution in [1.82, 2.24) is 20.2 Å². The molecular weight excluding hydrogens is 506 g/mol. The summed E-state index contributed by atoms with van der Waals surface area (Å²) in [7, 11) is 0. The lowest BCUT2D eigenvalue weighted by Gasteiger charge is -2.26. The molecule has 1 aliphatic heterocycles. The van der Waals surface area contributed by atoms with Crippen LogP contribution in [0.15, 0.2) is 54.7 Å². The van der Waals surface area contributed by atoms with Gasteiger partial charge < -0.3 is 26.0 Å². The number of aromatic nitrogens is 2. The van der Waals surface area contributed by atoms with E-state index in [9.17, 15) is 9.59 Å².